The fourth-order valence-corrected chi connectivity index (χ4v) is 3.64. The van der Waals surface area contributed by atoms with E-state index in [1.165, 1.54) is 0 Å². The van der Waals surface area contributed by atoms with Crippen LogP contribution in [0, 0.1) is 11.3 Å². The Morgan fingerprint density at radius 1 is 1.33 bits per heavy atom. The van der Waals surface area contributed by atoms with Crippen molar-refractivity contribution in [2.24, 2.45) is 0 Å². The first kappa shape index (κ1) is 18.4. The second-order valence-electron chi connectivity index (χ2n) is 6.02. The number of carbonyl (C=O) groups is 1. The molecule has 7 nitrogen and oxygen atoms in total. The van der Waals surface area contributed by atoms with Crippen LogP contribution in [0.5, 0.6) is 0 Å². The summed E-state index contributed by atoms with van der Waals surface area (Å²) in [5, 5.41) is 11.9. The summed E-state index contributed by atoms with van der Waals surface area (Å²) in [4.78, 5) is 14.4. The molecule has 2 N–H and O–H groups in total. The van der Waals surface area contributed by atoms with Crippen LogP contribution in [-0.2, 0) is 14.8 Å². The molecule has 1 heterocycles. The Kier molecular flexibility index (Phi) is 5.94. The molecule has 2 rings (SSSR count). The van der Waals surface area contributed by atoms with E-state index >= 15 is 0 Å². The number of piperidine rings is 1. The van der Waals surface area contributed by atoms with Crippen LogP contribution in [0.4, 0.5) is 5.69 Å². The number of benzene rings is 1. The lowest BCUT2D eigenvalue weighted by Gasteiger charge is -2.35. The highest BCUT2D eigenvalue weighted by Crippen LogP contribution is 2.17. The first-order valence-corrected chi connectivity index (χ1v) is 9.70. The van der Waals surface area contributed by atoms with Crippen molar-refractivity contribution < 1.29 is 13.2 Å². The van der Waals surface area contributed by atoms with Gasteiger partial charge in [-0.3, -0.25) is 9.69 Å². The number of amides is 1. The van der Waals surface area contributed by atoms with Gasteiger partial charge in [0.2, 0.25) is 15.9 Å². The zero-order valence-electron chi connectivity index (χ0n) is 13.8. The van der Waals surface area contributed by atoms with Gasteiger partial charge < -0.3 is 5.32 Å². The van der Waals surface area contributed by atoms with Crippen molar-refractivity contribution in [3.05, 3.63) is 29.8 Å². The Morgan fingerprint density at radius 2 is 1.96 bits per heavy atom. The highest BCUT2D eigenvalue weighted by Gasteiger charge is 2.28. The zero-order valence-corrected chi connectivity index (χ0v) is 14.6. The molecule has 0 bridgehead atoms. The SMILES string of the molecule is CC(C(=O)Nc1ccccc1C#N)N1CCC(NS(C)(=O)=O)CC1. The summed E-state index contributed by atoms with van der Waals surface area (Å²) >= 11 is 0. The van der Waals surface area contributed by atoms with Crippen LogP contribution in [0.15, 0.2) is 24.3 Å². The van der Waals surface area contributed by atoms with Crippen LogP contribution in [0.1, 0.15) is 25.3 Å². The maximum Gasteiger partial charge on any atom is 0.241 e. The lowest BCUT2D eigenvalue weighted by atomic mass is 10.0. The molecule has 24 heavy (non-hydrogen) atoms. The number of nitriles is 1. The molecule has 1 aliphatic rings. The van der Waals surface area contributed by atoms with E-state index in [0.29, 0.717) is 37.2 Å². The molecule has 0 radical (unpaired) electrons. The molecular formula is C16H22N4O3S. The molecule has 1 unspecified atom stereocenters. The minimum Gasteiger partial charge on any atom is -0.324 e. The summed E-state index contributed by atoms with van der Waals surface area (Å²) in [5.74, 6) is -0.174. The number of hydrogen-bond donors (Lipinski definition) is 2. The Labute approximate surface area is 142 Å². The fraction of sp³-hybridized carbons (Fsp3) is 0.500. The third kappa shape index (κ3) is 5.03. The number of para-hydroxylation sites is 1. The zero-order chi connectivity index (χ0) is 17.7. The molecule has 1 saturated heterocycles. The van der Waals surface area contributed by atoms with Gasteiger partial charge in [0.05, 0.1) is 23.5 Å². The van der Waals surface area contributed by atoms with Gasteiger partial charge >= 0.3 is 0 Å². The van der Waals surface area contributed by atoms with Gasteiger partial charge in [-0.2, -0.15) is 5.26 Å². The van der Waals surface area contributed by atoms with Crippen LogP contribution in [0.3, 0.4) is 0 Å². The van der Waals surface area contributed by atoms with Crippen molar-refractivity contribution in [1.82, 2.24) is 9.62 Å². The van der Waals surface area contributed by atoms with E-state index < -0.39 is 10.0 Å². The highest BCUT2D eigenvalue weighted by molar-refractivity contribution is 7.88. The molecule has 0 aliphatic carbocycles. The van der Waals surface area contributed by atoms with Crippen LogP contribution >= 0.6 is 0 Å². The lowest BCUT2D eigenvalue weighted by Crippen LogP contribution is -2.50. The summed E-state index contributed by atoms with van der Waals surface area (Å²) in [6.07, 6.45) is 2.49. The molecule has 0 spiro atoms. The maximum absolute atomic E-state index is 12.4. The predicted octanol–water partition coefficient (Wildman–Crippen LogP) is 0.899. The van der Waals surface area contributed by atoms with E-state index in [1.54, 1.807) is 24.3 Å². The number of nitrogens with one attached hydrogen (secondary N) is 2. The Balaban J connectivity index is 1.92. The minimum atomic E-state index is -3.20. The van der Waals surface area contributed by atoms with Crippen LogP contribution in [-0.4, -0.2) is 50.7 Å². The number of carbonyl (C=O) groups excluding carboxylic acids is 1. The second-order valence-corrected chi connectivity index (χ2v) is 7.80. The summed E-state index contributed by atoms with van der Waals surface area (Å²) in [5.41, 5.74) is 0.930. The standard InChI is InChI=1S/C16H22N4O3S/c1-12(16(21)18-15-6-4-3-5-13(15)11-17)20-9-7-14(8-10-20)19-24(2,22)23/h3-6,12,14,19H,7-10H2,1-2H3,(H,18,21). The maximum atomic E-state index is 12.4. The third-order valence-corrected chi connectivity index (χ3v) is 4.90. The summed E-state index contributed by atoms with van der Waals surface area (Å²) in [7, 11) is -3.20. The summed E-state index contributed by atoms with van der Waals surface area (Å²) in [6.45, 7) is 3.10. The molecule has 1 atom stereocenters. The monoisotopic (exact) mass is 350 g/mol. The molecule has 0 aromatic heterocycles. The summed E-state index contributed by atoms with van der Waals surface area (Å²) < 4.78 is 25.2. The van der Waals surface area contributed by atoms with E-state index in [9.17, 15) is 13.2 Å². The van der Waals surface area contributed by atoms with Crippen molar-refractivity contribution in [2.45, 2.75) is 31.8 Å². The van der Waals surface area contributed by atoms with Crippen LogP contribution < -0.4 is 10.0 Å². The largest absolute Gasteiger partial charge is 0.324 e. The fourth-order valence-electron chi connectivity index (χ4n) is 2.80. The molecule has 1 aromatic rings. The first-order chi connectivity index (χ1) is 11.3. The van der Waals surface area contributed by atoms with E-state index in [-0.39, 0.29) is 18.0 Å². The van der Waals surface area contributed by atoms with E-state index in [0.717, 1.165) is 6.26 Å². The molecular weight excluding hydrogens is 328 g/mol. The van der Waals surface area contributed by atoms with Crippen LogP contribution in [0.25, 0.3) is 0 Å². The normalized spacial score (nSPS) is 17.9. The number of anilines is 1. The van der Waals surface area contributed by atoms with Gasteiger partial charge in [-0.25, -0.2) is 13.1 Å². The highest BCUT2D eigenvalue weighted by atomic mass is 32.2. The van der Waals surface area contributed by atoms with Gasteiger partial charge in [0, 0.05) is 19.1 Å². The van der Waals surface area contributed by atoms with Crippen molar-refractivity contribution in [3.8, 4) is 6.07 Å². The number of hydrogen-bond acceptors (Lipinski definition) is 5. The average molecular weight is 350 g/mol. The molecule has 1 aromatic carbocycles. The number of nitrogens with zero attached hydrogens (tertiary/aromatic N) is 2. The number of likely N-dealkylation sites (tertiary alicyclic amines) is 1. The molecule has 0 saturated carbocycles. The third-order valence-electron chi connectivity index (χ3n) is 4.14. The number of sulfonamides is 1. The topological polar surface area (TPSA) is 102 Å². The average Bonchev–Trinajstić information content (AvgIpc) is 2.54. The first-order valence-electron chi connectivity index (χ1n) is 7.81. The number of rotatable bonds is 5. The van der Waals surface area contributed by atoms with Crippen molar-refractivity contribution in [2.75, 3.05) is 24.7 Å². The Morgan fingerprint density at radius 3 is 2.54 bits per heavy atom. The van der Waals surface area contributed by atoms with Gasteiger partial charge in [0.25, 0.3) is 0 Å². The quantitative estimate of drug-likeness (QED) is 0.821. The summed E-state index contributed by atoms with van der Waals surface area (Å²) in [6, 6.07) is 8.49. The van der Waals surface area contributed by atoms with E-state index in [4.69, 9.17) is 5.26 Å². The molecule has 1 fully saturated rings. The van der Waals surface area contributed by atoms with Crippen molar-refractivity contribution in [1.29, 1.82) is 5.26 Å². The molecule has 1 amide bonds. The lowest BCUT2D eigenvalue weighted by molar-refractivity contribution is -0.121. The molecule has 8 heteroatoms. The van der Waals surface area contributed by atoms with Crippen molar-refractivity contribution >= 4 is 21.6 Å². The van der Waals surface area contributed by atoms with Gasteiger partial charge in [-0.05, 0) is 31.9 Å². The van der Waals surface area contributed by atoms with Gasteiger partial charge in [0.15, 0.2) is 0 Å². The van der Waals surface area contributed by atoms with E-state index in [2.05, 4.69) is 16.1 Å². The Bertz CT molecular complexity index is 734. The van der Waals surface area contributed by atoms with Gasteiger partial charge in [-0.15, -0.1) is 0 Å². The smallest absolute Gasteiger partial charge is 0.241 e. The molecule has 130 valence electrons. The minimum absolute atomic E-state index is 0.0779. The van der Waals surface area contributed by atoms with Gasteiger partial charge in [0.1, 0.15) is 6.07 Å². The van der Waals surface area contributed by atoms with Crippen LogP contribution in [0.2, 0.25) is 0 Å². The second kappa shape index (κ2) is 7.75. The van der Waals surface area contributed by atoms with Gasteiger partial charge in [-0.1, -0.05) is 12.1 Å². The Hall–Kier alpha value is -1.95. The van der Waals surface area contributed by atoms with E-state index in [1.807, 2.05) is 11.8 Å². The predicted molar refractivity (Wildman–Crippen MR) is 91.8 cm³/mol. The molecule has 1 aliphatic heterocycles. The van der Waals surface area contributed by atoms with Crippen molar-refractivity contribution in [3.63, 3.8) is 0 Å².